The largest absolute Gasteiger partial charge is 0.486 e. The van der Waals surface area contributed by atoms with Crippen molar-refractivity contribution in [2.75, 3.05) is 39.5 Å². The quantitative estimate of drug-likeness (QED) is 0.787. The highest BCUT2D eigenvalue weighted by molar-refractivity contribution is 9.10. The molecular weight excluding hydrogens is 314 g/mol. The van der Waals surface area contributed by atoms with Crippen LogP contribution in [0, 0.1) is 0 Å². The number of nitrogens with zero attached hydrogens (tertiary/aromatic N) is 1. The van der Waals surface area contributed by atoms with Crippen molar-refractivity contribution in [3.63, 3.8) is 0 Å². The van der Waals surface area contributed by atoms with Crippen LogP contribution in [-0.2, 0) is 4.74 Å². The molecule has 1 aromatic rings. The molecule has 1 aromatic carbocycles. The number of benzene rings is 1. The first-order valence-corrected chi connectivity index (χ1v) is 7.01. The van der Waals surface area contributed by atoms with Crippen LogP contribution < -0.4 is 9.47 Å². The molecule has 0 radical (unpaired) electrons. The van der Waals surface area contributed by atoms with E-state index >= 15 is 0 Å². The maximum Gasteiger partial charge on any atom is 0.255 e. The van der Waals surface area contributed by atoms with Crippen LogP contribution in [0.4, 0.5) is 0 Å². The third kappa shape index (κ3) is 2.55. The normalized spacial score (nSPS) is 18.3. The van der Waals surface area contributed by atoms with Gasteiger partial charge in [0.15, 0.2) is 11.5 Å². The summed E-state index contributed by atoms with van der Waals surface area (Å²) >= 11 is 3.43. The minimum atomic E-state index is -0.00727. The highest BCUT2D eigenvalue weighted by Gasteiger charge is 2.23. The summed E-state index contributed by atoms with van der Waals surface area (Å²) in [7, 11) is 0. The monoisotopic (exact) mass is 327 g/mol. The number of hydrogen-bond donors (Lipinski definition) is 0. The van der Waals surface area contributed by atoms with Gasteiger partial charge in [0.1, 0.15) is 13.2 Å². The van der Waals surface area contributed by atoms with Gasteiger partial charge in [-0.15, -0.1) is 0 Å². The lowest BCUT2D eigenvalue weighted by molar-refractivity contribution is 0.0302. The van der Waals surface area contributed by atoms with Gasteiger partial charge in [-0.2, -0.15) is 0 Å². The molecule has 5 nitrogen and oxygen atoms in total. The van der Waals surface area contributed by atoms with Crippen LogP contribution in [0.2, 0.25) is 0 Å². The number of rotatable bonds is 1. The zero-order valence-electron chi connectivity index (χ0n) is 10.4. The number of amides is 1. The molecule has 0 bridgehead atoms. The van der Waals surface area contributed by atoms with Gasteiger partial charge in [-0.1, -0.05) is 0 Å². The molecule has 102 valence electrons. The van der Waals surface area contributed by atoms with Crippen LogP contribution in [-0.4, -0.2) is 50.3 Å². The molecule has 0 N–H and O–H groups in total. The van der Waals surface area contributed by atoms with Crippen LogP contribution in [0.1, 0.15) is 10.4 Å². The fourth-order valence-corrected chi connectivity index (χ4v) is 2.66. The molecule has 0 aromatic heterocycles. The van der Waals surface area contributed by atoms with E-state index in [9.17, 15) is 4.79 Å². The van der Waals surface area contributed by atoms with Crippen LogP contribution >= 0.6 is 15.9 Å². The summed E-state index contributed by atoms with van der Waals surface area (Å²) in [5.41, 5.74) is 0.603. The van der Waals surface area contributed by atoms with Crippen molar-refractivity contribution in [3.8, 4) is 11.5 Å². The third-order valence-corrected chi connectivity index (χ3v) is 3.82. The Bertz CT molecular complexity index is 500. The van der Waals surface area contributed by atoms with Crippen molar-refractivity contribution < 1.29 is 19.0 Å². The molecule has 0 aliphatic carbocycles. The molecule has 1 saturated heterocycles. The molecule has 1 fully saturated rings. The summed E-state index contributed by atoms with van der Waals surface area (Å²) in [6.07, 6.45) is 0. The van der Waals surface area contributed by atoms with Gasteiger partial charge in [-0.3, -0.25) is 4.79 Å². The number of fused-ring (bicyclic) bond motifs is 1. The molecule has 0 unspecified atom stereocenters. The van der Waals surface area contributed by atoms with Gasteiger partial charge in [-0.05, 0) is 28.1 Å². The van der Waals surface area contributed by atoms with Gasteiger partial charge in [0.25, 0.3) is 5.91 Å². The first-order chi connectivity index (χ1) is 9.25. The zero-order valence-corrected chi connectivity index (χ0v) is 11.9. The Morgan fingerprint density at radius 1 is 1.05 bits per heavy atom. The fourth-order valence-electron chi connectivity index (χ4n) is 2.16. The Labute approximate surface area is 119 Å². The van der Waals surface area contributed by atoms with E-state index in [1.165, 1.54) is 0 Å². The molecule has 6 heteroatoms. The molecule has 0 atom stereocenters. The van der Waals surface area contributed by atoms with Crippen LogP contribution in [0.5, 0.6) is 11.5 Å². The Kier molecular flexibility index (Phi) is 3.61. The van der Waals surface area contributed by atoms with Crippen LogP contribution in [0.25, 0.3) is 0 Å². The van der Waals surface area contributed by atoms with Crippen molar-refractivity contribution in [2.45, 2.75) is 0 Å². The molecular formula is C13H14BrNO4. The average Bonchev–Trinajstić information content (AvgIpc) is 2.47. The fraction of sp³-hybridized carbons (Fsp3) is 0.462. The van der Waals surface area contributed by atoms with E-state index in [0.29, 0.717) is 56.6 Å². The van der Waals surface area contributed by atoms with E-state index < -0.39 is 0 Å². The molecule has 3 rings (SSSR count). The Morgan fingerprint density at radius 3 is 2.37 bits per heavy atom. The third-order valence-electron chi connectivity index (χ3n) is 3.16. The second-order valence-electron chi connectivity index (χ2n) is 4.38. The molecule has 0 saturated carbocycles. The first-order valence-electron chi connectivity index (χ1n) is 6.22. The van der Waals surface area contributed by atoms with Gasteiger partial charge in [-0.25, -0.2) is 0 Å². The van der Waals surface area contributed by atoms with Gasteiger partial charge >= 0.3 is 0 Å². The lowest BCUT2D eigenvalue weighted by Gasteiger charge is -2.28. The van der Waals surface area contributed by atoms with Crippen molar-refractivity contribution in [1.29, 1.82) is 0 Å². The SMILES string of the molecule is O=C(c1cc2c(cc1Br)OCCO2)N1CCOCC1. The number of carbonyl (C=O) groups is 1. The van der Waals surface area contributed by atoms with Gasteiger partial charge in [0.2, 0.25) is 0 Å². The molecule has 1 amide bonds. The topological polar surface area (TPSA) is 48.0 Å². The van der Waals surface area contributed by atoms with Gasteiger partial charge < -0.3 is 19.1 Å². The van der Waals surface area contributed by atoms with Gasteiger partial charge in [0, 0.05) is 17.6 Å². The summed E-state index contributed by atoms with van der Waals surface area (Å²) in [4.78, 5) is 14.2. The van der Waals surface area contributed by atoms with E-state index in [0.717, 1.165) is 4.47 Å². The standard InChI is InChI=1S/C13H14BrNO4/c14-10-8-12-11(18-5-6-19-12)7-9(10)13(16)15-1-3-17-4-2-15/h7-8H,1-6H2. The Hall–Kier alpha value is -1.27. The molecule has 2 aliphatic heterocycles. The summed E-state index contributed by atoms with van der Waals surface area (Å²) in [5, 5.41) is 0. The zero-order chi connectivity index (χ0) is 13.2. The van der Waals surface area contributed by atoms with Crippen molar-refractivity contribution >= 4 is 21.8 Å². The summed E-state index contributed by atoms with van der Waals surface area (Å²) in [6.45, 7) is 3.48. The van der Waals surface area contributed by atoms with Crippen LogP contribution in [0.15, 0.2) is 16.6 Å². The predicted octanol–water partition coefficient (Wildman–Crippen LogP) is 1.69. The molecule has 2 heterocycles. The van der Waals surface area contributed by atoms with E-state index in [1.54, 1.807) is 17.0 Å². The second kappa shape index (κ2) is 5.38. The molecule has 0 spiro atoms. The highest BCUT2D eigenvalue weighted by Crippen LogP contribution is 2.36. The number of carbonyl (C=O) groups excluding carboxylic acids is 1. The summed E-state index contributed by atoms with van der Waals surface area (Å²) in [5.74, 6) is 1.30. The maximum atomic E-state index is 12.5. The minimum absolute atomic E-state index is 0.00727. The van der Waals surface area contributed by atoms with E-state index in [4.69, 9.17) is 14.2 Å². The van der Waals surface area contributed by atoms with Gasteiger partial charge in [0.05, 0.1) is 18.8 Å². The number of hydrogen-bond acceptors (Lipinski definition) is 4. The van der Waals surface area contributed by atoms with Crippen molar-refractivity contribution in [2.24, 2.45) is 0 Å². The Morgan fingerprint density at radius 2 is 1.68 bits per heavy atom. The number of ether oxygens (including phenoxy) is 3. The smallest absolute Gasteiger partial charge is 0.255 e. The predicted molar refractivity (Wildman–Crippen MR) is 71.9 cm³/mol. The van der Waals surface area contributed by atoms with E-state index in [-0.39, 0.29) is 5.91 Å². The van der Waals surface area contributed by atoms with Crippen LogP contribution in [0.3, 0.4) is 0 Å². The lowest BCUT2D eigenvalue weighted by atomic mass is 10.1. The Balaban J connectivity index is 1.89. The summed E-state index contributed by atoms with van der Waals surface area (Å²) in [6, 6.07) is 3.54. The highest BCUT2D eigenvalue weighted by atomic mass is 79.9. The minimum Gasteiger partial charge on any atom is -0.486 e. The lowest BCUT2D eigenvalue weighted by Crippen LogP contribution is -2.40. The van der Waals surface area contributed by atoms with E-state index in [2.05, 4.69) is 15.9 Å². The van der Waals surface area contributed by atoms with Crippen molar-refractivity contribution in [3.05, 3.63) is 22.2 Å². The molecule has 19 heavy (non-hydrogen) atoms. The number of morpholine rings is 1. The number of halogens is 1. The second-order valence-corrected chi connectivity index (χ2v) is 5.23. The first kappa shape index (κ1) is 12.7. The summed E-state index contributed by atoms with van der Waals surface area (Å²) < 4.78 is 17.0. The average molecular weight is 328 g/mol. The maximum absolute atomic E-state index is 12.5. The van der Waals surface area contributed by atoms with Crippen molar-refractivity contribution in [1.82, 2.24) is 4.90 Å². The van der Waals surface area contributed by atoms with E-state index in [1.807, 2.05) is 0 Å². The molecule has 2 aliphatic rings.